The number of ether oxygens (including phenoxy) is 1. The van der Waals surface area contributed by atoms with Crippen molar-refractivity contribution in [2.45, 2.75) is 12.8 Å². The predicted octanol–water partition coefficient (Wildman–Crippen LogP) is -0.847. The Morgan fingerprint density at radius 3 is 2.76 bits per heavy atom. The third-order valence-corrected chi connectivity index (χ3v) is 4.80. The Labute approximate surface area is 103 Å². The zero-order valence-corrected chi connectivity index (χ0v) is 10.8. The van der Waals surface area contributed by atoms with Gasteiger partial charge in [0.15, 0.2) is 0 Å². The molecule has 2 aliphatic heterocycles. The Balaban J connectivity index is 1.79. The minimum Gasteiger partial charge on any atom is -0.381 e. The summed E-state index contributed by atoms with van der Waals surface area (Å²) in [6.07, 6.45) is 2.07. The second kappa shape index (κ2) is 6.10. The van der Waals surface area contributed by atoms with Gasteiger partial charge in [-0.2, -0.15) is 12.7 Å². The van der Waals surface area contributed by atoms with Gasteiger partial charge in [-0.3, -0.25) is 0 Å². The molecule has 0 bridgehead atoms. The molecule has 2 heterocycles. The van der Waals surface area contributed by atoms with Gasteiger partial charge in [-0.25, -0.2) is 4.72 Å². The predicted molar refractivity (Wildman–Crippen MR) is 64.9 cm³/mol. The van der Waals surface area contributed by atoms with E-state index in [1.54, 1.807) is 0 Å². The lowest BCUT2D eigenvalue weighted by Crippen LogP contribution is -2.51. The zero-order valence-electron chi connectivity index (χ0n) is 10.0. The molecule has 2 aliphatic rings. The van der Waals surface area contributed by atoms with E-state index < -0.39 is 10.2 Å². The first-order valence-electron chi connectivity index (χ1n) is 6.22. The van der Waals surface area contributed by atoms with E-state index in [4.69, 9.17) is 4.74 Å². The second-order valence-electron chi connectivity index (χ2n) is 4.59. The molecule has 2 fully saturated rings. The fourth-order valence-corrected chi connectivity index (χ4v) is 3.46. The van der Waals surface area contributed by atoms with E-state index in [1.807, 2.05) is 0 Å². The van der Waals surface area contributed by atoms with Crippen LogP contribution in [0.25, 0.3) is 0 Å². The average molecular weight is 263 g/mol. The lowest BCUT2D eigenvalue weighted by molar-refractivity contribution is 0.0566. The first-order chi connectivity index (χ1) is 8.18. The van der Waals surface area contributed by atoms with Crippen molar-refractivity contribution in [2.24, 2.45) is 5.92 Å². The summed E-state index contributed by atoms with van der Waals surface area (Å²) in [4.78, 5) is 0. The molecule has 100 valence electrons. The number of hydrogen-bond acceptors (Lipinski definition) is 4. The summed E-state index contributed by atoms with van der Waals surface area (Å²) in [6.45, 7) is 4.53. The Morgan fingerprint density at radius 2 is 2.12 bits per heavy atom. The van der Waals surface area contributed by atoms with Crippen LogP contribution in [-0.2, 0) is 14.9 Å². The Morgan fingerprint density at radius 1 is 1.35 bits per heavy atom. The maximum absolute atomic E-state index is 12.0. The van der Waals surface area contributed by atoms with E-state index in [2.05, 4.69) is 10.0 Å². The van der Waals surface area contributed by atoms with Crippen LogP contribution in [0.15, 0.2) is 0 Å². The molecule has 0 spiro atoms. The lowest BCUT2D eigenvalue weighted by atomic mass is 10.0. The summed E-state index contributed by atoms with van der Waals surface area (Å²) in [5.74, 6) is 0.321. The molecule has 17 heavy (non-hydrogen) atoms. The van der Waals surface area contributed by atoms with Gasteiger partial charge in [0, 0.05) is 39.3 Å². The molecule has 1 unspecified atom stereocenters. The highest BCUT2D eigenvalue weighted by atomic mass is 32.2. The normalized spacial score (nSPS) is 28.1. The van der Waals surface area contributed by atoms with Gasteiger partial charge in [0.25, 0.3) is 10.2 Å². The van der Waals surface area contributed by atoms with Crippen molar-refractivity contribution in [3.63, 3.8) is 0 Å². The SMILES string of the molecule is O=S(=O)(NCC1CCCOC1)N1CCNCC1. The monoisotopic (exact) mass is 263 g/mol. The largest absolute Gasteiger partial charge is 0.381 e. The fraction of sp³-hybridized carbons (Fsp3) is 1.00. The molecule has 0 saturated carbocycles. The van der Waals surface area contributed by atoms with E-state index >= 15 is 0 Å². The Kier molecular flexibility index (Phi) is 4.75. The number of nitrogens with zero attached hydrogens (tertiary/aromatic N) is 1. The van der Waals surface area contributed by atoms with Crippen molar-refractivity contribution in [1.29, 1.82) is 0 Å². The van der Waals surface area contributed by atoms with Crippen LogP contribution in [-0.4, -0.2) is 58.7 Å². The summed E-state index contributed by atoms with van der Waals surface area (Å²) >= 11 is 0. The van der Waals surface area contributed by atoms with Crippen LogP contribution < -0.4 is 10.0 Å². The number of piperazine rings is 1. The molecular formula is C10H21N3O3S. The van der Waals surface area contributed by atoms with E-state index in [-0.39, 0.29) is 0 Å². The third kappa shape index (κ3) is 3.89. The Bertz CT molecular complexity index is 322. The minimum atomic E-state index is -3.29. The van der Waals surface area contributed by atoms with Gasteiger partial charge in [0.2, 0.25) is 0 Å². The molecule has 6 nitrogen and oxygen atoms in total. The molecular weight excluding hydrogens is 242 g/mol. The average Bonchev–Trinajstić information content (AvgIpc) is 2.39. The summed E-state index contributed by atoms with van der Waals surface area (Å²) in [5.41, 5.74) is 0. The molecule has 1 atom stereocenters. The summed E-state index contributed by atoms with van der Waals surface area (Å²) in [7, 11) is -3.29. The van der Waals surface area contributed by atoms with Crippen LogP contribution in [0.1, 0.15) is 12.8 Å². The van der Waals surface area contributed by atoms with Crippen LogP contribution in [0.3, 0.4) is 0 Å². The van der Waals surface area contributed by atoms with Gasteiger partial charge in [-0.15, -0.1) is 0 Å². The van der Waals surface area contributed by atoms with Crippen molar-refractivity contribution in [3.05, 3.63) is 0 Å². The van der Waals surface area contributed by atoms with Crippen molar-refractivity contribution in [2.75, 3.05) is 45.9 Å². The molecule has 0 radical (unpaired) electrons. The smallest absolute Gasteiger partial charge is 0.279 e. The van der Waals surface area contributed by atoms with E-state index in [9.17, 15) is 8.42 Å². The number of rotatable bonds is 4. The van der Waals surface area contributed by atoms with Gasteiger partial charge in [-0.05, 0) is 18.8 Å². The molecule has 0 aromatic heterocycles. The van der Waals surface area contributed by atoms with Crippen molar-refractivity contribution in [3.8, 4) is 0 Å². The molecule has 2 saturated heterocycles. The standard InChI is InChI=1S/C10H21N3O3S/c14-17(15,13-5-3-11-4-6-13)12-8-10-2-1-7-16-9-10/h10-12H,1-9H2. The van der Waals surface area contributed by atoms with Gasteiger partial charge in [-0.1, -0.05) is 0 Å². The van der Waals surface area contributed by atoms with Crippen LogP contribution in [0, 0.1) is 5.92 Å². The molecule has 0 amide bonds. The van der Waals surface area contributed by atoms with Crippen molar-refractivity contribution < 1.29 is 13.2 Å². The fourth-order valence-electron chi connectivity index (χ4n) is 2.17. The van der Waals surface area contributed by atoms with Gasteiger partial charge in [0.05, 0.1) is 6.61 Å². The Hall–Kier alpha value is -0.210. The quantitative estimate of drug-likeness (QED) is 0.693. The zero-order chi connectivity index (χ0) is 12.1. The second-order valence-corrected chi connectivity index (χ2v) is 6.34. The minimum absolute atomic E-state index is 0.321. The van der Waals surface area contributed by atoms with Gasteiger partial charge >= 0.3 is 0 Å². The molecule has 0 aromatic rings. The third-order valence-electron chi connectivity index (χ3n) is 3.22. The maximum atomic E-state index is 12.0. The topological polar surface area (TPSA) is 70.7 Å². The number of nitrogens with one attached hydrogen (secondary N) is 2. The van der Waals surface area contributed by atoms with E-state index in [1.165, 1.54) is 4.31 Å². The van der Waals surface area contributed by atoms with Gasteiger partial charge < -0.3 is 10.1 Å². The van der Waals surface area contributed by atoms with Crippen LogP contribution >= 0.6 is 0 Å². The molecule has 0 aromatic carbocycles. The van der Waals surface area contributed by atoms with Crippen LogP contribution in [0.5, 0.6) is 0 Å². The highest BCUT2D eigenvalue weighted by molar-refractivity contribution is 7.87. The maximum Gasteiger partial charge on any atom is 0.279 e. The van der Waals surface area contributed by atoms with E-state index in [0.717, 1.165) is 32.5 Å². The molecule has 7 heteroatoms. The van der Waals surface area contributed by atoms with Crippen molar-refractivity contribution in [1.82, 2.24) is 14.3 Å². The highest BCUT2D eigenvalue weighted by Gasteiger charge is 2.24. The summed E-state index contributed by atoms with van der Waals surface area (Å²) in [6, 6.07) is 0. The van der Waals surface area contributed by atoms with Crippen LogP contribution in [0.4, 0.5) is 0 Å². The molecule has 0 aliphatic carbocycles. The lowest BCUT2D eigenvalue weighted by Gasteiger charge is -2.28. The van der Waals surface area contributed by atoms with Crippen molar-refractivity contribution >= 4 is 10.2 Å². The molecule has 2 N–H and O–H groups in total. The first kappa shape index (κ1) is 13.2. The van der Waals surface area contributed by atoms with Gasteiger partial charge in [0.1, 0.15) is 0 Å². The molecule has 2 rings (SSSR count). The first-order valence-corrected chi connectivity index (χ1v) is 7.66. The number of hydrogen-bond donors (Lipinski definition) is 2. The van der Waals surface area contributed by atoms with E-state index in [0.29, 0.717) is 32.2 Å². The highest BCUT2D eigenvalue weighted by Crippen LogP contribution is 2.13. The summed E-state index contributed by atoms with van der Waals surface area (Å²) < 4.78 is 33.5. The summed E-state index contributed by atoms with van der Waals surface area (Å²) in [5, 5.41) is 3.14. The van der Waals surface area contributed by atoms with Crippen LogP contribution in [0.2, 0.25) is 0 Å².